The van der Waals surface area contributed by atoms with Gasteiger partial charge in [-0.05, 0) is 186 Å². The number of nitrogens with zero attached hydrogens (tertiary/aromatic N) is 4. The molecule has 0 saturated heterocycles. The molecule has 67 heavy (non-hydrogen) atoms. The number of hydrogen-bond donors (Lipinski definition) is 0. The lowest BCUT2D eigenvalue weighted by atomic mass is 9.69. The highest BCUT2D eigenvalue weighted by Gasteiger charge is 2.53. The van der Waals surface area contributed by atoms with Gasteiger partial charge in [0.2, 0.25) is 0 Å². The summed E-state index contributed by atoms with van der Waals surface area (Å²) in [5.41, 5.74) is 17.0. The maximum atomic E-state index is 9.64. The van der Waals surface area contributed by atoms with Gasteiger partial charge in [-0.3, -0.25) is 0 Å². The van der Waals surface area contributed by atoms with Crippen LogP contribution in [-0.2, 0) is 5.41 Å². The Balaban J connectivity index is 1.07. The smallest absolute Gasteiger partial charge is 0.0991 e. The minimum absolute atomic E-state index is 0.621. The summed E-state index contributed by atoms with van der Waals surface area (Å²) in [4.78, 5) is 4.54. The summed E-state index contributed by atoms with van der Waals surface area (Å²) in [5.74, 6) is 0. The maximum Gasteiger partial charge on any atom is 0.0991 e. The molecule has 1 unspecified atom stereocenters. The third kappa shape index (κ3) is 5.71. The van der Waals surface area contributed by atoms with Crippen LogP contribution in [0.25, 0.3) is 54.6 Å². The van der Waals surface area contributed by atoms with Crippen LogP contribution in [0.15, 0.2) is 231 Å². The fourth-order valence-corrected chi connectivity index (χ4v) is 11.2. The molecule has 0 amide bonds. The Morgan fingerprint density at radius 2 is 0.851 bits per heavy atom. The third-order valence-electron chi connectivity index (χ3n) is 14.0. The Hall–Kier alpha value is -9.22. The van der Waals surface area contributed by atoms with Crippen LogP contribution in [-0.4, -0.2) is 0 Å². The molecule has 0 fully saturated rings. The number of anilines is 6. The van der Waals surface area contributed by atoms with Crippen LogP contribution in [0.2, 0.25) is 0 Å². The molecule has 1 atom stereocenters. The molecule has 0 aromatic heterocycles. The zero-order chi connectivity index (χ0) is 44.6. The normalized spacial score (nSPS) is 14.0. The quantitative estimate of drug-likeness (QED) is 0.167. The van der Waals surface area contributed by atoms with Gasteiger partial charge in [-0.25, -0.2) is 0 Å². The summed E-state index contributed by atoms with van der Waals surface area (Å²) < 4.78 is 0. The van der Waals surface area contributed by atoms with Crippen molar-refractivity contribution >= 4 is 66.4 Å². The lowest BCUT2D eigenvalue weighted by Crippen LogP contribution is -2.26. The number of rotatable bonds is 6. The first-order chi connectivity index (χ1) is 33.1. The van der Waals surface area contributed by atoms with Crippen molar-refractivity contribution in [2.24, 2.45) is 0 Å². The van der Waals surface area contributed by atoms with Crippen LogP contribution in [0.5, 0.6) is 0 Å². The molecule has 0 N–H and O–H groups in total. The van der Waals surface area contributed by atoms with E-state index in [1.165, 1.54) is 66.1 Å². The minimum atomic E-state index is -0.621. The van der Waals surface area contributed by atoms with E-state index in [1.54, 1.807) is 0 Å². The van der Waals surface area contributed by atoms with Gasteiger partial charge >= 0.3 is 0 Å². The van der Waals surface area contributed by atoms with Crippen molar-refractivity contribution in [3.05, 3.63) is 264 Å². The van der Waals surface area contributed by atoms with E-state index in [4.69, 9.17) is 0 Å². The number of para-hydroxylation sites is 2. The maximum absolute atomic E-state index is 9.64. The molecule has 4 heteroatoms. The second kappa shape index (κ2) is 14.9. The summed E-state index contributed by atoms with van der Waals surface area (Å²) in [6.45, 7) is 0. The van der Waals surface area contributed by atoms with Crippen LogP contribution in [0.1, 0.15) is 33.4 Å². The van der Waals surface area contributed by atoms with Crippen molar-refractivity contribution in [1.82, 2.24) is 0 Å². The SMILES string of the molecule is N#Cc1ccc(N(c2ccccc2)c2ccc3cc4c(cc3c2)C2(c3ccccc3-c3c2ccc2ccccc32)c2c-4ccc3cc(N(c4ccccc4)c4ccc(C#N)cc4)ccc23)cc1. The van der Waals surface area contributed by atoms with Crippen LogP contribution < -0.4 is 9.80 Å². The summed E-state index contributed by atoms with van der Waals surface area (Å²) in [6, 6.07) is 87.0. The standard InChI is InChI=1S/C63H38N4/c64-39-41-19-26-49(27-20-41)66(47-12-3-1-4-13-47)51-30-23-44-37-57-55-32-24-45-35-52(67(48-14-5-2-6-15-48)50-28-21-42(40-65)22-29-50)31-33-54(45)62(55)63(60(57)38-46(44)36-51)58-18-10-9-17-56(58)61-53-16-8-7-11-43(53)25-34-59(61)63/h1-38H. The van der Waals surface area contributed by atoms with Gasteiger partial charge in [0.1, 0.15) is 0 Å². The molecule has 0 saturated carbocycles. The second-order valence-corrected chi connectivity index (χ2v) is 17.5. The van der Waals surface area contributed by atoms with Gasteiger partial charge in [0.05, 0.1) is 28.7 Å². The van der Waals surface area contributed by atoms with Crippen LogP contribution in [0.4, 0.5) is 34.1 Å². The first kappa shape index (κ1) is 38.3. The largest absolute Gasteiger partial charge is 0.310 e. The predicted octanol–water partition coefficient (Wildman–Crippen LogP) is 16.2. The van der Waals surface area contributed by atoms with E-state index < -0.39 is 5.41 Å². The molecular weight excluding hydrogens is 813 g/mol. The molecule has 1 spiro atoms. The molecule has 310 valence electrons. The highest BCUT2D eigenvalue weighted by molar-refractivity contribution is 6.11. The number of hydrogen-bond acceptors (Lipinski definition) is 4. The van der Waals surface area contributed by atoms with Gasteiger partial charge in [-0.2, -0.15) is 10.5 Å². The van der Waals surface area contributed by atoms with E-state index in [2.05, 4.69) is 192 Å². The summed E-state index contributed by atoms with van der Waals surface area (Å²) in [5, 5.41) is 26.4. The minimum Gasteiger partial charge on any atom is -0.310 e. The van der Waals surface area contributed by atoms with Crippen LogP contribution in [0, 0.1) is 22.7 Å². The van der Waals surface area contributed by atoms with Gasteiger partial charge < -0.3 is 9.80 Å². The predicted molar refractivity (Wildman–Crippen MR) is 274 cm³/mol. The fraction of sp³-hybridized carbons (Fsp3) is 0.0159. The first-order valence-corrected chi connectivity index (χ1v) is 22.6. The topological polar surface area (TPSA) is 54.1 Å². The second-order valence-electron chi connectivity index (χ2n) is 17.5. The van der Waals surface area contributed by atoms with Gasteiger partial charge in [-0.1, -0.05) is 121 Å². The Morgan fingerprint density at radius 3 is 1.52 bits per heavy atom. The zero-order valence-corrected chi connectivity index (χ0v) is 36.2. The van der Waals surface area contributed by atoms with E-state index in [1.807, 2.05) is 60.7 Å². The van der Waals surface area contributed by atoms with Crippen molar-refractivity contribution in [2.45, 2.75) is 5.41 Å². The molecule has 4 nitrogen and oxygen atoms in total. The molecule has 0 bridgehead atoms. The Labute approximate surface area is 388 Å². The Bertz CT molecular complexity index is 3880. The number of benzene rings is 11. The van der Waals surface area contributed by atoms with E-state index in [0.29, 0.717) is 11.1 Å². The van der Waals surface area contributed by atoms with Crippen LogP contribution >= 0.6 is 0 Å². The Morgan fingerprint density at radius 1 is 0.313 bits per heavy atom. The Kier molecular flexibility index (Phi) is 8.52. The fourth-order valence-electron chi connectivity index (χ4n) is 11.2. The average molecular weight is 851 g/mol. The molecular formula is C63H38N4. The van der Waals surface area contributed by atoms with E-state index in [0.717, 1.165) is 44.9 Å². The lowest BCUT2D eigenvalue weighted by Gasteiger charge is -2.32. The summed E-state index contributed by atoms with van der Waals surface area (Å²) >= 11 is 0. The van der Waals surface area contributed by atoms with Crippen molar-refractivity contribution in [1.29, 1.82) is 10.5 Å². The van der Waals surface area contributed by atoms with E-state index in [9.17, 15) is 10.5 Å². The molecule has 13 rings (SSSR count). The van der Waals surface area contributed by atoms with Gasteiger partial charge in [-0.15, -0.1) is 0 Å². The van der Waals surface area contributed by atoms with Gasteiger partial charge in [0.25, 0.3) is 0 Å². The molecule has 2 aliphatic carbocycles. The molecule has 2 aliphatic rings. The van der Waals surface area contributed by atoms with Gasteiger partial charge in [0.15, 0.2) is 0 Å². The van der Waals surface area contributed by atoms with Crippen LogP contribution in [0.3, 0.4) is 0 Å². The first-order valence-electron chi connectivity index (χ1n) is 22.6. The molecule has 0 radical (unpaired) electrons. The number of nitriles is 2. The van der Waals surface area contributed by atoms with Gasteiger partial charge in [0, 0.05) is 34.1 Å². The molecule has 0 heterocycles. The van der Waals surface area contributed by atoms with Crippen molar-refractivity contribution < 1.29 is 0 Å². The molecule has 11 aromatic rings. The zero-order valence-electron chi connectivity index (χ0n) is 36.2. The average Bonchev–Trinajstić information content (AvgIpc) is 3.86. The lowest BCUT2D eigenvalue weighted by molar-refractivity contribution is 0.803. The summed E-state index contributed by atoms with van der Waals surface area (Å²) in [7, 11) is 0. The number of fused-ring (bicyclic) bond motifs is 15. The van der Waals surface area contributed by atoms with Crippen molar-refractivity contribution in [3.63, 3.8) is 0 Å². The summed E-state index contributed by atoms with van der Waals surface area (Å²) in [6.07, 6.45) is 0. The van der Waals surface area contributed by atoms with E-state index in [-0.39, 0.29) is 0 Å². The molecule has 11 aromatic carbocycles. The highest BCUT2D eigenvalue weighted by atomic mass is 15.1. The van der Waals surface area contributed by atoms with Crippen molar-refractivity contribution in [3.8, 4) is 34.4 Å². The van der Waals surface area contributed by atoms with Crippen molar-refractivity contribution in [2.75, 3.05) is 9.80 Å². The third-order valence-corrected chi connectivity index (χ3v) is 14.0. The monoisotopic (exact) mass is 850 g/mol. The molecule has 0 aliphatic heterocycles. The highest BCUT2D eigenvalue weighted by Crippen LogP contribution is 2.65. The van der Waals surface area contributed by atoms with E-state index >= 15 is 0 Å².